The molecule has 10 rings (SSSR count). The van der Waals surface area contributed by atoms with E-state index in [0.29, 0.717) is 40.5 Å². The molecule has 3 heterocycles. The average molecular weight is 748 g/mol. The van der Waals surface area contributed by atoms with Gasteiger partial charge in [0.05, 0.1) is 11.6 Å². The Hall–Kier alpha value is -7.73. The predicted molar refractivity (Wildman–Crippen MR) is 229 cm³/mol. The summed E-state index contributed by atoms with van der Waals surface area (Å²) in [6.45, 7) is 0. The van der Waals surface area contributed by atoms with Crippen molar-refractivity contribution in [3.05, 3.63) is 181 Å². The molecule has 0 radical (unpaired) electrons. The molecular formula is C49H29N7S. The van der Waals surface area contributed by atoms with Crippen molar-refractivity contribution in [2.75, 3.05) is 0 Å². The Morgan fingerprint density at radius 1 is 0.351 bits per heavy atom. The highest BCUT2D eigenvalue weighted by atomic mass is 32.1. The summed E-state index contributed by atoms with van der Waals surface area (Å²) in [7, 11) is 0. The SMILES string of the molecule is N#Cc1ccc(-c2ccc(-c3nc(-c4ccccc4)nc(-c4ccc5c(c4)sc4cccc(-c6nc(-c7ccccc7)nc(-c7ccccc7)n6)c45)n3)cc2)cc1. The molecule has 7 aromatic carbocycles. The summed E-state index contributed by atoms with van der Waals surface area (Å²) in [4.78, 5) is 30.0. The highest BCUT2D eigenvalue weighted by molar-refractivity contribution is 7.26. The van der Waals surface area contributed by atoms with Crippen molar-refractivity contribution >= 4 is 31.5 Å². The number of benzene rings is 7. The highest BCUT2D eigenvalue weighted by Gasteiger charge is 2.19. The fraction of sp³-hybridized carbons (Fsp3) is 0. The van der Waals surface area contributed by atoms with Crippen LogP contribution in [0.4, 0.5) is 0 Å². The number of aromatic nitrogens is 6. The number of hydrogen-bond acceptors (Lipinski definition) is 8. The van der Waals surface area contributed by atoms with Gasteiger partial charge in [-0.2, -0.15) is 5.26 Å². The Labute approximate surface area is 332 Å². The summed E-state index contributed by atoms with van der Waals surface area (Å²) in [5, 5.41) is 11.4. The smallest absolute Gasteiger partial charge is 0.164 e. The number of fused-ring (bicyclic) bond motifs is 3. The third kappa shape index (κ3) is 6.59. The summed E-state index contributed by atoms with van der Waals surface area (Å²) >= 11 is 1.72. The first-order valence-electron chi connectivity index (χ1n) is 18.4. The number of nitriles is 1. The molecule has 0 aliphatic rings. The van der Waals surface area contributed by atoms with Gasteiger partial charge in [-0.1, -0.05) is 152 Å². The molecule has 0 fully saturated rings. The molecule has 0 bridgehead atoms. The van der Waals surface area contributed by atoms with Crippen molar-refractivity contribution in [2.45, 2.75) is 0 Å². The van der Waals surface area contributed by atoms with E-state index in [2.05, 4.69) is 54.6 Å². The van der Waals surface area contributed by atoms with Crippen LogP contribution in [0.2, 0.25) is 0 Å². The van der Waals surface area contributed by atoms with E-state index in [4.69, 9.17) is 29.9 Å². The maximum Gasteiger partial charge on any atom is 0.164 e. The van der Waals surface area contributed by atoms with Crippen LogP contribution in [0.15, 0.2) is 176 Å². The van der Waals surface area contributed by atoms with Gasteiger partial charge in [-0.05, 0) is 35.4 Å². The lowest BCUT2D eigenvalue weighted by molar-refractivity contribution is 1.07. The van der Waals surface area contributed by atoms with Gasteiger partial charge in [0.2, 0.25) is 0 Å². The lowest BCUT2D eigenvalue weighted by Crippen LogP contribution is -2.00. The van der Waals surface area contributed by atoms with E-state index >= 15 is 0 Å². The third-order valence-corrected chi connectivity index (χ3v) is 11.0. The summed E-state index contributed by atoms with van der Waals surface area (Å²) in [6.07, 6.45) is 0. The lowest BCUT2D eigenvalue weighted by atomic mass is 10.0. The molecule has 0 aliphatic carbocycles. The maximum absolute atomic E-state index is 9.22. The Bertz CT molecular complexity index is 3050. The summed E-state index contributed by atoms with van der Waals surface area (Å²) < 4.78 is 2.23. The van der Waals surface area contributed by atoms with E-state index in [1.807, 2.05) is 127 Å². The van der Waals surface area contributed by atoms with Crippen LogP contribution in [-0.4, -0.2) is 29.9 Å². The van der Waals surface area contributed by atoms with Crippen molar-refractivity contribution in [2.24, 2.45) is 0 Å². The van der Waals surface area contributed by atoms with E-state index in [1.165, 1.54) is 0 Å². The topological polar surface area (TPSA) is 101 Å². The zero-order chi connectivity index (χ0) is 38.1. The molecule has 0 spiro atoms. The van der Waals surface area contributed by atoms with Crippen LogP contribution < -0.4 is 0 Å². The van der Waals surface area contributed by atoms with E-state index < -0.39 is 0 Å². The van der Waals surface area contributed by atoms with Gasteiger partial charge >= 0.3 is 0 Å². The van der Waals surface area contributed by atoms with Crippen LogP contribution in [0.1, 0.15) is 5.56 Å². The Morgan fingerprint density at radius 3 is 1.28 bits per heavy atom. The second-order valence-corrected chi connectivity index (χ2v) is 14.6. The van der Waals surface area contributed by atoms with Crippen molar-refractivity contribution in [3.63, 3.8) is 0 Å². The predicted octanol–water partition coefficient (Wildman–Crippen LogP) is 12.0. The minimum Gasteiger partial charge on any atom is -0.208 e. The van der Waals surface area contributed by atoms with Crippen LogP contribution in [0.5, 0.6) is 0 Å². The van der Waals surface area contributed by atoms with Gasteiger partial charge in [0.25, 0.3) is 0 Å². The molecule has 10 aromatic rings. The number of rotatable bonds is 7. The minimum absolute atomic E-state index is 0.585. The summed E-state index contributed by atoms with van der Waals surface area (Å²) in [5.41, 5.74) is 8.19. The third-order valence-electron chi connectivity index (χ3n) is 9.85. The quantitative estimate of drug-likeness (QED) is 0.160. The fourth-order valence-corrected chi connectivity index (χ4v) is 8.15. The van der Waals surface area contributed by atoms with Gasteiger partial charge in [-0.3, -0.25) is 0 Å². The van der Waals surface area contributed by atoms with Gasteiger partial charge in [0.1, 0.15) is 0 Å². The molecule has 57 heavy (non-hydrogen) atoms. The van der Waals surface area contributed by atoms with Crippen LogP contribution >= 0.6 is 11.3 Å². The normalized spacial score (nSPS) is 11.1. The Morgan fingerprint density at radius 2 is 0.772 bits per heavy atom. The molecule has 266 valence electrons. The monoisotopic (exact) mass is 747 g/mol. The first-order chi connectivity index (χ1) is 28.2. The van der Waals surface area contributed by atoms with E-state index in [1.54, 1.807) is 11.3 Å². The molecule has 0 saturated heterocycles. The van der Waals surface area contributed by atoms with Gasteiger partial charge in [-0.15, -0.1) is 11.3 Å². The zero-order valence-corrected chi connectivity index (χ0v) is 31.1. The summed E-state index contributed by atoms with van der Waals surface area (Å²) in [6, 6.07) is 60.8. The molecule has 0 N–H and O–H groups in total. The zero-order valence-electron chi connectivity index (χ0n) is 30.3. The number of hydrogen-bond donors (Lipinski definition) is 0. The fourth-order valence-electron chi connectivity index (χ4n) is 6.98. The van der Waals surface area contributed by atoms with Crippen molar-refractivity contribution in [1.29, 1.82) is 5.26 Å². The Kier molecular flexibility index (Phi) is 8.60. The summed E-state index contributed by atoms with van der Waals surface area (Å²) in [5.74, 6) is 3.65. The highest BCUT2D eigenvalue weighted by Crippen LogP contribution is 2.41. The average Bonchev–Trinajstić information content (AvgIpc) is 3.68. The van der Waals surface area contributed by atoms with Crippen molar-refractivity contribution < 1.29 is 0 Å². The molecule has 3 aromatic heterocycles. The maximum atomic E-state index is 9.22. The molecule has 0 unspecified atom stereocenters. The van der Waals surface area contributed by atoms with E-state index in [-0.39, 0.29) is 0 Å². The van der Waals surface area contributed by atoms with Crippen molar-refractivity contribution in [3.8, 4) is 85.5 Å². The largest absolute Gasteiger partial charge is 0.208 e. The molecular weight excluding hydrogens is 719 g/mol. The van der Waals surface area contributed by atoms with E-state index in [0.717, 1.165) is 64.7 Å². The molecule has 8 heteroatoms. The van der Waals surface area contributed by atoms with Gasteiger partial charge in [0, 0.05) is 53.6 Å². The number of nitrogens with zero attached hydrogens (tertiary/aromatic N) is 7. The van der Waals surface area contributed by atoms with Crippen LogP contribution in [0, 0.1) is 11.3 Å². The molecule has 0 aliphatic heterocycles. The molecule has 0 atom stereocenters. The van der Waals surface area contributed by atoms with Gasteiger partial charge in [-0.25, -0.2) is 29.9 Å². The first-order valence-corrected chi connectivity index (χ1v) is 19.2. The van der Waals surface area contributed by atoms with Crippen LogP contribution in [-0.2, 0) is 0 Å². The van der Waals surface area contributed by atoms with Gasteiger partial charge in [0.15, 0.2) is 34.9 Å². The second kappa shape index (κ2) is 14.5. The lowest BCUT2D eigenvalue weighted by Gasteiger charge is -2.10. The Balaban J connectivity index is 1.08. The second-order valence-electron chi connectivity index (χ2n) is 13.5. The first kappa shape index (κ1) is 33.8. The molecule has 0 saturated carbocycles. The standard InChI is InChI=1S/C49H29N7S/c50-30-31-19-21-32(22-20-31)33-23-25-37(26-24-33)47-51-44(34-11-4-1-5-12-34)53-48(54-47)38-27-28-39-42(29-38)57-41-18-10-17-40(43(39)41)49-55-45(35-13-6-2-7-14-35)52-46(56-49)36-15-8-3-9-16-36/h1-29H. The number of thiophene rings is 1. The van der Waals surface area contributed by atoms with Crippen LogP contribution in [0.3, 0.4) is 0 Å². The molecule has 7 nitrogen and oxygen atoms in total. The van der Waals surface area contributed by atoms with E-state index in [9.17, 15) is 5.26 Å². The van der Waals surface area contributed by atoms with Gasteiger partial charge < -0.3 is 0 Å². The van der Waals surface area contributed by atoms with Crippen LogP contribution in [0.25, 0.3) is 99.6 Å². The molecule has 0 amide bonds. The minimum atomic E-state index is 0.585. The van der Waals surface area contributed by atoms with Crippen molar-refractivity contribution in [1.82, 2.24) is 29.9 Å².